The molecule has 7 heteroatoms. The fourth-order valence-corrected chi connectivity index (χ4v) is 2.35. The smallest absolute Gasteiger partial charge is 0.258 e. The van der Waals surface area contributed by atoms with Crippen molar-refractivity contribution in [3.05, 3.63) is 65.1 Å². The topological polar surface area (TPSA) is 80.2 Å². The predicted octanol–water partition coefficient (Wildman–Crippen LogP) is 0.788. The number of nitrogens with one attached hydrogen (secondary N) is 2. The van der Waals surface area contributed by atoms with Crippen molar-refractivity contribution in [1.82, 2.24) is 15.4 Å². The van der Waals surface area contributed by atoms with Crippen molar-refractivity contribution < 1.29 is 9.59 Å². The van der Waals surface area contributed by atoms with Crippen LogP contribution in [0.1, 0.15) is 0 Å². The Kier molecular flexibility index (Phi) is 5.79. The number of rotatable bonds is 5. The molecule has 0 unspecified atom stereocenters. The van der Waals surface area contributed by atoms with Crippen LogP contribution in [0.2, 0.25) is 0 Å². The van der Waals surface area contributed by atoms with Gasteiger partial charge >= 0.3 is 0 Å². The Morgan fingerprint density at radius 1 is 0.955 bits per heavy atom. The highest BCUT2D eigenvalue weighted by Crippen LogP contribution is 2.15. The molecule has 6 nitrogen and oxygen atoms in total. The molecule has 22 heavy (non-hydrogen) atoms. The van der Waals surface area contributed by atoms with Gasteiger partial charge < -0.3 is 4.57 Å². The summed E-state index contributed by atoms with van der Waals surface area (Å²) >= 11 is 1.37. The Morgan fingerprint density at radius 2 is 1.64 bits per heavy atom. The molecule has 0 radical (unpaired) electrons. The van der Waals surface area contributed by atoms with Crippen molar-refractivity contribution in [2.75, 3.05) is 5.75 Å². The standard InChI is InChI=1S/C15H15N3O3S/c19-13(10-18-9-5-4-8-15(18)21)16-17-14(20)11-22-12-6-2-1-3-7-12/h1-9H,10-11H2,(H,16,19)(H,17,20). The molecule has 2 rings (SSSR count). The maximum Gasteiger partial charge on any atom is 0.258 e. The van der Waals surface area contributed by atoms with Gasteiger partial charge in [-0.05, 0) is 18.2 Å². The molecule has 1 aromatic carbocycles. The number of hydrogen-bond acceptors (Lipinski definition) is 4. The van der Waals surface area contributed by atoms with E-state index < -0.39 is 5.91 Å². The number of benzene rings is 1. The molecule has 0 saturated carbocycles. The van der Waals surface area contributed by atoms with Crippen LogP contribution in [0.15, 0.2) is 64.4 Å². The zero-order valence-electron chi connectivity index (χ0n) is 11.7. The molecule has 0 aliphatic rings. The first-order chi connectivity index (χ1) is 10.6. The van der Waals surface area contributed by atoms with Gasteiger partial charge in [0.1, 0.15) is 6.54 Å². The SMILES string of the molecule is O=C(CSc1ccccc1)NNC(=O)Cn1ccccc1=O. The largest absolute Gasteiger partial charge is 0.306 e. The van der Waals surface area contributed by atoms with E-state index in [1.165, 1.54) is 28.6 Å². The lowest BCUT2D eigenvalue weighted by Crippen LogP contribution is -2.44. The Labute approximate surface area is 131 Å². The van der Waals surface area contributed by atoms with Crippen molar-refractivity contribution in [1.29, 1.82) is 0 Å². The minimum absolute atomic E-state index is 0.147. The zero-order chi connectivity index (χ0) is 15.8. The summed E-state index contributed by atoms with van der Waals surface area (Å²) in [5.74, 6) is -0.593. The predicted molar refractivity (Wildman–Crippen MR) is 84.2 cm³/mol. The van der Waals surface area contributed by atoms with Crippen LogP contribution >= 0.6 is 11.8 Å². The normalized spacial score (nSPS) is 10.0. The van der Waals surface area contributed by atoms with E-state index in [0.717, 1.165) is 4.90 Å². The van der Waals surface area contributed by atoms with Crippen LogP contribution in [0.4, 0.5) is 0 Å². The number of carbonyl (C=O) groups excluding carboxylic acids is 2. The van der Waals surface area contributed by atoms with Crippen LogP contribution in [0.5, 0.6) is 0 Å². The fourth-order valence-electron chi connectivity index (χ4n) is 1.63. The monoisotopic (exact) mass is 317 g/mol. The average molecular weight is 317 g/mol. The lowest BCUT2D eigenvalue weighted by atomic mass is 10.4. The first-order valence-corrected chi connectivity index (χ1v) is 7.55. The number of aromatic nitrogens is 1. The summed E-state index contributed by atoms with van der Waals surface area (Å²) in [5.41, 5.74) is 4.33. The molecule has 0 saturated heterocycles. The Morgan fingerprint density at radius 3 is 2.36 bits per heavy atom. The molecule has 2 amide bonds. The summed E-state index contributed by atoms with van der Waals surface area (Å²) in [4.78, 5) is 35.7. The molecule has 2 aromatic rings. The van der Waals surface area contributed by atoms with E-state index in [-0.39, 0.29) is 23.8 Å². The van der Waals surface area contributed by atoms with Crippen LogP contribution in [-0.2, 0) is 16.1 Å². The van der Waals surface area contributed by atoms with Gasteiger partial charge in [0.2, 0.25) is 5.91 Å². The van der Waals surface area contributed by atoms with Gasteiger partial charge in [-0.2, -0.15) is 0 Å². The third-order valence-electron chi connectivity index (χ3n) is 2.67. The van der Waals surface area contributed by atoms with Gasteiger partial charge in [-0.25, -0.2) is 0 Å². The lowest BCUT2D eigenvalue weighted by Gasteiger charge is -2.08. The molecule has 2 N–H and O–H groups in total. The van der Waals surface area contributed by atoms with E-state index in [1.54, 1.807) is 12.1 Å². The Bertz CT molecular complexity index is 700. The number of hydrazine groups is 1. The quantitative estimate of drug-likeness (QED) is 0.631. The number of nitrogens with zero attached hydrogens (tertiary/aromatic N) is 1. The van der Waals surface area contributed by atoms with Crippen LogP contribution in [0.25, 0.3) is 0 Å². The molecular formula is C15H15N3O3S. The van der Waals surface area contributed by atoms with E-state index in [2.05, 4.69) is 10.9 Å². The first-order valence-electron chi connectivity index (χ1n) is 6.56. The van der Waals surface area contributed by atoms with Gasteiger partial charge in [0.15, 0.2) is 0 Å². The maximum atomic E-state index is 11.7. The minimum atomic E-state index is -0.466. The van der Waals surface area contributed by atoms with Crippen LogP contribution in [0.3, 0.4) is 0 Å². The summed E-state index contributed by atoms with van der Waals surface area (Å²) in [6, 6.07) is 14.1. The molecule has 0 aliphatic carbocycles. The minimum Gasteiger partial charge on any atom is -0.306 e. The van der Waals surface area contributed by atoms with E-state index >= 15 is 0 Å². The third-order valence-corrected chi connectivity index (χ3v) is 3.68. The Balaban J connectivity index is 1.73. The van der Waals surface area contributed by atoms with Gasteiger partial charge in [-0.15, -0.1) is 11.8 Å². The van der Waals surface area contributed by atoms with Crippen molar-refractivity contribution in [2.45, 2.75) is 11.4 Å². The van der Waals surface area contributed by atoms with E-state index in [0.29, 0.717) is 0 Å². The van der Waals surface area contributed by atoms with Crippen molar-refractivity contribution >= 4 is 23.6 Å². The molecule has 0 aliphatic heterocycles. The molecule has 1 heterocycles. The summed E-state index contributed by atoms with van der Waals surface area (Å²) in [6.07, 6.45) is 1.51. The molecule has 0 atom stereocenters. The second-order valence-electron chi connectivity index (χ2n) is 4.36. The number of thioether (sulfide) groups is 1. The molecule has 114 valence electrons. The third kappa shape index (κ3) is 5.10. The molecule has 1 aromatic heterocycles. The van der Waals surface area contributed by atoms with Crippen molar-refractivity contribution in [2.24, 2.45) is 0 Å². The van der Waals surface area contributed by atoms with Gasteiger partial charge in [-0.3, -0.25) is 25.2 Å². The highest BCUT2D eigenvalue weighted by Gasteiger charge is 2.06. The van der Waals surface area contributed by atoms with Crippen molar-refractivity contribution in [3.63, 3.8) is 0 Å². The fraction of sp³-hybridized carbons (Fsp3) is 0.133. The second kappa shape index (κ2) is 8.04. The van der Waals surface area contributed by atoms with E-state index in [1.807, 2.05) is 30.3 Å². The van der Waals surface area contributed by atoms with Crippen molar-refractivity contribution in [3.8, 4) is 0 Å². The molecular weight excluding hydrogens is 302 g/mol. The second-order valence-corrected chi connectivity index (χ2v) is 5.41. The maximum absolute atomic E-state index is 11.7. The first kappa shape index (κ1) is 15.8. The Hall–Kier alpha value is -2.54. The molecule has 0 spiro atoms. The number of hydrogen-bond donors (Lipinski definition) is 2. The summed E-state index contributed by atoms with van der Waals surface area (Å²) in [6.45, 7) is -0.147. The highest BCUT2D eigenvalue weighted by atomic mass is 32.2. The number of carbonyl (C=O) groups is 2. The zero-order valence-corrected chi connectivity index (χ0v) is 12.5. The summed E-state index contributed by atoms with van der Waals surface area (Å²) < 4.78 is 1.25. The summed E-state index contributed by atoms with van der Waals surface area (Å²) in [5, 5.41) is 0. The lowest BCUT2D eigenvalue weighted by molar-refractivity contribution is -0.128. The number of amides is 2. The summed E-state index contributed by atoms with van der Waals surface area (Å²) in [7, 11) is 0. The van der Waals surface area contributed by atoms with Gasteiger partial charge in [0, 0.05) is 17.2 Å². The van der Waals surface area contributed by atoms with Gasteiger partial charge in [0.05, 0.1) is 5.75 Å². The van der Waals surface area contributed by atoms with Gasteiger partial charge in [-0.1, -0.05) is 24.3 Å². The average Bonchev–Trinajstić information content (AvgIpc) is 2.54. The van der Waals surface area contributed by atoms with E-state index in [4.69, 9.17) is 0 Å². The molecule has 0 fully saturated rings. The molecule has 0 bridgehead atoms. The van der Waals surface area contributed by atoms with Crippen LogP contribution in [-0.4, -0.2) is 22.1 Å². The van der Waals surface area contributed by atoms with Gasteiger partial charge in [0.25, 0.3) is 11.5 Å². The van der Waals surface area contributed by atoms with Crippen LogP contribution in [0, 0.1) is 0 Å². The highest BCUT2D eigenvalue weighted by molar-refractivity contribution is 8.00. The van der Waals surface area contributed by atoms with E-state index in [9.17, 15) is 14.4 Å². The van der Waals surface area contributed by atoms with Crippen LogP contribution < -0.4 is 16.4 Å². The number of pyridine rings is 1.